The van der Waals surface area contributed by atoms with E-state index in [9.17, 15) is 4.79 Å². The van der Waals surface area contributed by atoms with Crippen LogP contribution in [0.4, 0.5) is 0 Å². The van der Waals surface area contributed by atoms with E-state index in [-0.39, 0.29) is 11.9 Å². The van der Waals surface area contributed by atoms with E-state index in [1.54, 1.807) is 6.07 Å². The number of amides is 1. The predicted molar refractivity (Wildman–Crippen MR) is 74.0 cm³/mol. The summed E-state index contributed by atoms with van der Waals surface area (Å²) >= 11 is 0. The van der Waals surface area contributed by atoms with Crippen molar-refractivity contribution < 1.29 is 9.53 Å². The number of nitrogens with one attached hydrogen (secondary N) is 1. The molecule has 0 spiro atoms. The molecule has 1 saturated heterocycles. The van der Waals surface area contributed by atoms with E-state index in [0.29, 0.717) is 24.4 Å². The number of carbonyl (C=O) groups excluding carboxylic acids is 1. The number of methoxy groups -OCH3 is 1. The van der Waals surface area contributed by atoms with Gasteiger partial charge in [0.1, 0.15) is 17.9 Å². The molecule has 1 aliphatic heterocycles. The third-order valence-corrected chi connectivity index (χ3v) is 3.45. The molecule has 0 aromatic heterocycles. The Hall–Kier alpha value is -2.10. The zero-order valence-corrected chi connectivity index (χ0v) is 11.4. The van der Waals surface area contributed by atoms with Gasteiger partial charge in [-0.2, -0.15) is 5.26 Å². The fourth-order valence-electron chi connectivity index (χ4n) is 2.38. The van der Waals surface area contributed by atoms with E-state index < -0.39 is 0 Å². The Balaban J connectivity index is 2.16. The molecule has 106 valence electrons. The van der Waals surface area contributed by atoms with E-state index in [1.807, 2.05) is 17.0 Å². The first-order valence-electron chi connectivity index (χ1n) is 6.47. The average Bonchev–Trinajstić information content (AvgIpc) is 2.47. The van der Waals surface area contributed by atoms with Gasteiger partial charge in [0.05, 0.1) is 12.7 Å². The lowest BCUT2D eigenvalue weighted by Crippen LogP contribution is -2.56. The normalized spacial score (nSPS) is 19.3. The Morgan fingerprint density at radius 1 is 1.65 bits per heavy atom. The Morgan fingerprint density at radius 3 is 3.10 bits per heavy atom. The maximum absolute atomic E-state index is 11.5. The van der Waals surface area contributed by atoms with Crippen LogP contribution in [-0.2, 0) is 11.3 Å². The fourth-order valence-corrected chi connectivity index (χ4v) is 2.38. The molecular weight excluding hydrogens is 256 g/mol. The van der Waals surface area contributed by atoms with Crippen molar-refractivity contribution in [1.29, 1.82) is 5.26 Å². The second-order valence-electron chi connectivity index (χ2n) is 4.74. The largest absolute Gasteiger partial charge is 0.495 e. The molecule has 1 aromatic carbocycles. The van der Waals surface area contributed by atoms with Gasteiger partial charge in [0, 0.05) is 26.2 Å². The summed E-state index contributed by atoms with van der Waals surface area (Å²) in [4.78, 5) is 13.5. The van der Waals surface area contributed by atoms with Gasteiger partial charge in [0.2, 0.25) is 5.91 Å². The van der Waals surface area contributed by atoms with Crippen LogP contribution in [0.15, 0.2) is 18.2 Å². The second-order valence-corrected chi connectivity index (χ2v) is 4.74. The number of ether oxygens (including phenoxy) is 1. The van der Waals surface area contributed by atoms with Crippen molar-refractivity contribution in [2.45, 2.75) is 12.6 Å². The number of hydrogen-bond donors (Lipinski definition) is 2. The van der Waals surface area contributed by atoms with E-state index in [2.05, 4.69) is 11.4 Å². The van der Waals surface area contributed by atoms with Crippen molar-refractivity contribution in [3.05, 3.63) is 29.3 Å². The Kier molecular flexibility index (Phi) is 4.56. The van der Waals surface area contributed by atoms with Crippen LogP contribution in [0.3, 0.4) is 0 Å². The van der Waals surface area contributed by atoms with Crippen molar-refractivity contribution in [3.63, 3.8) is 0 Å². The number of hydrogen-bond acceptors (Lipinski definition) is 5. The lowest BCUT2D eigenvalue weighted by molar-refractivity contribution is -0.124. The molecule has 20 heavy (non-hydrogen) atoms. The van der Waals surface area contributed by atoms with Crippen molar-refractivity contribution in [2.75, 3.05) is 26.7 Å². The van der Waals surface area contributed by atoms with Crippen LogP contribution in [0.1, 0.15) is 11.1 Å². The van der Waals surface area contributed by atoms with Gasteiger partial charge in [-0.3, -0.25) is 9.69 Å². The van der Waals surface area contributed by atoms with Crippen LogP contribution in [-0.4, -0.2) is 43.6 Å². The fraction of sp³-hybridized carbons (Fsp3) is 0.429. The van der Waals surface area contributed by atoms with Crippen LogP contribution in [0.5, 0.6) is 5.75 Å². The molecule has 1 fully saturated rings. The lowest BCUT2D eigenvalue weighted by Gasteiger charge is -2.34. The van der Waals surface area contributed by atoms with Crippen LogP contribution in [0.2, 0.25) is 0 Å². The van der Waals surface area contributed by atoms with Crippen molar-refractivity contribution in [3.8, 4) is 11.8 Å². The molecular formula is C14H18N4O2. The Labute approximate surface area is 118 Å². The first kappa shape index (κ1) is 14.3. The number of rotatable bonds is 4. The standard InChI is InChI=1S/C14H18N4O2/c1-20-13-6-10(2-3-11(13)7-15)9-18-5-4-17-8-12(18)14(16)19/h2-3,6,12,17H,4-5,8-9H2,1H3,(H2,16,19). The monoisotopic (exact) mass is 274 g/mol. The third kappa shape index (κ3) is 3.07. The molecule has 2 rings (SSSR count). The second kappa shape index (κ2) is 6.37. The number of nitrogens with zero attached hydrogens (tertiary/aromatic N) is 2. The Morgan fingerprint density at radius 2 is 2.45 bits per heavy atom. The number of primary amides is 1. The van der Waals surface area contributed by atoms with Gasteiger partial charge in [-0.25, -0.2) is 0 Å². The first-order chi connectivity index (χ1) is 9.65. The summed E-state index contributed by atoms with van der Waals surface area (Å²) in [6.45, 7) is 2.77. The molecule has 1 aromatic rings. The Bertz CT molecular complexity index is 538. The average molecular weight is 274 g/mol. The van der Waals surface area contributed by atoms with Crippen LogP contribution >= 0.6 is 0 Å². The molecule has 0 bridgehead atoms. The highest BCUT2D eigenvalue weighted by molar-refractivity contribution is 5.80. The summed E-state index contributed by atoms with van der Waals surface area (Å²) in [5, 5.41) is 12.1. The lowest BCUT2D eigenvalue weighted by atomic mass is 10.1. The molecule has 3 N–H and O–H groups in total. The van der Waals surface area contributed by atoms with E-state index >= 15 is 0 Å². The minimum atomic E-state index is -0.321. The summed E-state index contributed by atoms with van der Waals surface area (Å²) in [7, 11) is 1.54. The maximum Gasteiger partial charge on any atom is 0.236 e. The highest BCUT2D eigenvalue weighted by Gasteiger charge is 2.26. The van der Waals surface area contributed by atoms with Crippen LogP contribution in [0.25, 0.3) is 0 Å². The molecule has 1 amide bonds. The highest BCUT2D eigenvalue weighted by Crippen LogP contribution is 2.21. The van der Waals surface area contributed by atoms with Gasteiger partial charge in [-0.1, -0.05) is 6.07 Å². The SMILES string of the molecule is COc1cc(CN2CCNCC2C(N)=O)ccc1C#N. The zero-order chi connectivity index (χ0) is 14.5. The molecule has 6 nitrogen and oxygen atoms in total. The minimum Gasteiger partial charge on any atom is -0.495 e. The van der Waals surface area contributed by atoms with E-state index in [1.165, 1.54) is 7.11 Å². The summed E-state index contributed by atoms with van der Waals surface area (Å²) in [5.74, 6) is 0.230. The number of nitrogens with two attached hydrogens (primary N) is 1. The van der Waals surface area contributed by atoms with Crippen molar-refractivity contribution >= 4 is 5.91 Å². The molecule has 1 aliphatic rings. The molecule has 0 radical (unpaired) electrons. The van der Waals surface area contributed by atoms with Gasteiger partial charge in [0.15, 0.2) is 0 Å². The number of nitriles is 1. The van der Waals surface area contributed by atoms with Crippen molar-refractivity contribution in [1.82, 2.24) is 10.2 Å². The molecule has 0 saturated carbocycles. The molecule has 6 heteroatoms. The van der Waals surface area contributed by atoms with Crippen molar-refractivity contribution in [2.24, 2.45) is 5.73 Å². The van der Waals surface area contributed by atoms with Gasteiger partial charge >= 0.3 is 0 Å². The van der Waals surface area contributed by atoms with E-state index in [4.69, 9.17) is 15.7 Å². The highest BCUT2D eigenvalue weighted by atomic mass is 16.5. The van der Waals surface area contributed by atoms with Gasteiger partial charge in [-0.15, -0.1) is 0 Å². The number of benzene rings is 1. The summed E-state index contributed by atoms with van der Waals surface area (Å²) < 4.78 is 5.20. The quantitative estimate of drug-likeness (QED) is 0.795. The predicted octanol–water partition coefficient (Wildman–Crippen LogP) is -0.174. The molecule has 1 heterocycles. The molecule has 1 atom stereocenters. The third-order valence-electron chi connectivity index (χ3n) is 3.45. The summed E-state index contributed by atoms with van der Waals surface area (Å²) in [6.07, 6.45) is 0. The minimum absolute atomic E-state index is 0.301. The maximum atomic E-state index is 11.5. The molecule has 0 aliphatic carbocycles. The number of carbonyl (C=O) groups is 1. The van der Waals surface area contributed by atoms with E-state index in [0.717, 1.165) is 18.7 Å². The number of piperazine rings is 1. The smallest absolute Gasteiger partial charge is 0.236 e. The first-order valence-corrected chi connectivity index (χ1v) is 6.47. The molecule has 1 unspecified atom stereocenters. The summed E-state index contributed by atoms with van der Waals surface area (Å²) in [6, 6.07) is 7.22. The zero-order valence-electron chi connectivity index (χ0n) is 11.4. The topological polar surface area (TPSA) is 91.4 Å². The summed E-state index contributed by atoms with van der Waals surface area (Å²) in [5.41, 5.74) is 6.92. The van der Waals surface area contributed by atoms with Gasteiger partial charge in [-0.05, 0) is 17.7 Å². The van der Waals surface area contributed by atoms with Gasteiger partial charge < -0.3 is 15.8 Å². The van der Waals surface area contributed by atoms with Gasteiger partial charge in [0.25, 0.3) is 0 Å². The van der Waals surface area contributed by atoms with Crippen LogP contribution < -0.4 is 15.8 Å². The van der Waals surface area contributed by atoms with Crippen LogP contribution in [0, 0.1) is 11.3 Å².